The molecule has 4 nitrogen and oxygen atoms in total. The minimum absolute atomic E-state index is 0.851. The molecule has 0 aromatic carbocycles. The SMILES string of the molecule is CCCNCc1ccncc1-n1nc(C)cc1C. The fraction of sp³-hybridized carbons (Fsp3) is 0.429. The predicted octanol–water partition coefficient (Wildman–Crippen LogP) is 2.38. The van der Waals surface area contributed by atoms with Crippen LogP contribution in [0.15, 0.2) is 24.5 Å². The first kappa shape index (κ1) is 12.8. The first-order valence-electron chi connectivity index (χ1n) is 6.39. The minimum Gasteiger partial charge on any atom is -0.313 e. The highest BCUT2D eigenvalue weighted by Gasteiger charge is 2.08. The molecular formula is C14H20N4. The highest BCUT2D eigenvalue weighted by Crippen LogP contribution is 2.15. The van der Waals surface area contributed by atoms with Crippen LogP contribution in [0.3, 0.4) is 0 Å². The molecule has 0 atom stereocenters. The maximum Gasteiger partial charge on any atom is 0.0876 e. The largest absolute Gasteiger partial charge is 0.313 e. The lowest BCUT2D eigenvalue weighted by Crippen LogP contribution is -2.16. The van der Waals surface area contributed by atoms with Gasteiger partial charge < -0.3 is 5.32 Å². The van der Waals surface area contributed by atoms with Crippen LogP contribution in [0.1, 0.15) is 30.3 Å². The second kappa shape index (κ2) is 5.78. The monoisotopic (exact) mass is 244 g/mol. The number of nitrogens with one attached hydrogen (secondary N) is 1. The highest BCUT2D eigenvalue weighted by molar-refractivity contribution is 5.39. The zero-order valence-electron chi connectivity index (χ0n) is 11.3. The maximum atomic E-state index is 4.52. The van der Waals surface area contributed by atoms with Gasteiger partial charge in [0, 0.05) is 18.4 Å². The summed E-state index contributed by atoms with van der Waals surface area (Å²) in [6, 6.07) is 4.13. The van der Waals surface area contributed by atoms with Gasteiger partial charge in [-0.25, -0.2) is 4.68 Å². The normalized spacial score (nSPS) is 10.8. The summed E-state index contributed by atoms with van der Waals surface area (Å²) in [5.74, 6) is 0. The van der Waals surface area contributed by atoms with Crippen LogP contribution in [0.5, 0.6) is 0 Å². The molecule has 0 saturated heterocycles. The lowest BCUT2D eigenvalue weighted by atomic mass is 10.2. The van der Waals surface area contributed by atoms with Gasteiger partial charge in [0.15, 0.2) is 0 Å². The van der Waals surface area contributed by atoms with Gasteiger partial charge in [0.05, 0.1) is 17.6 Å². The fourth-order valence-electron chi connectivity index (χ4n) is 2.03. The van der Waals surface area contributed by atoms with E-state index in [0.717, 1.165) is 36.6 Å². The van der Waals surface area contributed by atoms with Gasteiger partial charge in [-0.15, -0.1) is 0 Å². The second-order valence-corrected chi connectivity index (χ2v) is 4.52. The molecule has 0 aliphatic rings. The topological polar surface area (TPSA) is 42.7 Å². The Hall–Kier alpha value is -1.68. The Kier molecular flexibility index (Phi) is 4.10. The first-order valence-corrected chi connectivity index (χ1v) is 6.39. The Balaban J connectivity index is 2.29. The minimum atomic E-state index is 0.851. The molecule has 0 spiro atoms. The van der Waals surface area contributed by atoms with Crippen LogP contribution >= 0.6 is 0 Å². The summed E-state index contributed by atoms with van der Waals surface area (Å²) in [5, 5.41) is 7.94. The van der Waals surface area contributed by atoms with Crippen molar-refractivity contribution in [2.75, 3.05) is 6.54 Å². The molecule has 2 aromatic heterocycles. The van der Waals surface area contributed by atoms with Crippen molar-refractivity contribution >= 4 is 0 Å². The molecule has 0 aliphatic heterocycles. The molecule has 2 aromatic rings. The smallest absolute Gasteiger partial charge is 0.0876 e. The Bertz CT molecular complexity index is 516. The average Bonchev–Trinajstić information content (AvgIpc) is 2.69. The summed E-state index contributed by atoms with van der Waals surface area (Å²) >= 11 is 0. The molecule has 0 amide bonds. The van der Waals surface area contributed by atoms with Gasteiger partial charge in [-0.05, 0) is 44.5 Å². The number of hydrogen-bond acceptors (Lipinski definition) is 3. The van der Waals surface area contributed by atoms with Crippen LogP contribution in [0.25, 0.3) is 5.69 Å². The number of nitrogens with zero attached hydrogens (tertiary/aromatic N) is 3. The van der Waals surface area contributed by atoms with Crippen molar-refractivity contribution in [3.63, 3.8) is 0 Å². The van der Waals surface area contributed by atoms with Crippen LogP contribution < -0.4 is 5.32 Å². The van der Waals surface area contributed by atoms with Crippen molar-refractivity contribution in [1.29, 1.82) is 0 Å². The zero-order valence-corrected chi connectivity index (χ0v) is 11.3. The molecule has 2 heterocycles. The third kappa shape index (κ3) is 2.76. The van der Waals surface area contributed by atoms with Gasteiger partial charge in [0.25, 0.3) is 0 Å². The Morgan fingerprint density at radius 2 is 2.17 bits per heavy atom. The van der Waals surface area contributed by atoms with Gasteiger partial charge in [0.1, 0.15) is 0 Å². The molecule has 4 heteroatoms. The molecule has 0 aliphatic carbocycles. The molecule has 1 N–H and O–H groups in total. The lowest BCUT2D eigenvalue weighted by Gasteiger charge is -2.11. The van der Waals surface area contributed by atoms with Crippen LogP contribution in [0, 0.1) is 13.8 Å². The quantitative estimate of drug-likeness (QED) is 0.821. The third-order valence-corrected chi connectivity index (χ3v) is 2.87. The standard InChI is InChI=1S/C14H20N4/c1-4-6-15-9-13-5-7-16-10-14(13)18-12(3)8-11(2)17-18/h5,7-8,10,15H,4,6,9H2,1-3H3. The summed E-state index contributed by atoms with van der Waals surface area (Å²) in [4.78, 5) is 4.21. The van der Waals surface area contributed by atoms with Crippen LogP contribution in [0.4, 0.5) is 0 Å². The summed E-state index contributed by atoms with van der Waals surface area (Å²) in [6.45, 7) is 8.12. The first-order chi connectivity index (χ1) is 8.72. The van der Waals surface area contributed by atoms with Gasteiger partial charge >= 0.3 is 0 Å². The van der Waals surface area contributed by atoms with Crippen molar-refractivity contribution in [3.05, 3.63) is 41.5 Å². The maximum absolute atomic E-state index is 4.52. The molecule has 0 unspecified atom stereocenters. The van der Waals surface area contributed by atoms with Crippen LogP contribution in [-0.2, 0) is 6.54 Å². The predicted molar refractivity (Wildman–Crippen MR) is 72.8 cm³/mol. The van der Waals surface area contributed by atoms with Crippen molar-refractivity contribution in [3.8, 4) is 5.69 Å². The van der Waals surface area contributed by atoms with Crippen molar-refractivity contribution in [2.24, 2.45) is 0 Å². The summed E-state index contributed by atoms with van der Waals surface area (Å²) in [5.41, 5.74) is 4.46. The molecule has 0 bridgehead atoms. The molecule has 2 rings (SSSR count). The van der Waals surface area contributed by atoms with E-state index in [1.807, 2.05) is 24.0 Å². The molecule has 0 radical (unpaired) electrons. The number of hydrogen-bond donors (Lipinski definition) is 1. The van der Waals surface area contributed by atoms with Crippen molar-refractivity contribution in [2.45, 2.75) is 33.7 Å². The molecule has 96 valence electrons. The lowest BCUT2D eigenvalue weighted by molar-refractivity contribution is 0.668. The Morgan fingerprint density at radius 3 is 2.83 bits per heavy atom. The van der Waals surface area contributed by atoms with E-state index in [-0.39, 0.29) is 0 Å². The van der Waals surface area contributed by atoms with Crippen molar-refractivity contribution < 1.29 is 0 Å². The van der Waals surface area contributed by atoms with Gasteiger partial charge in [-0.3, -0.25) is 4.98 Å². The molecule has 18 heavy (non-hydrogen) atoms. The van der Waals surface area contributed by atoms with Crippen LogP contribution in [-0.4, -0.2) is 21.3 Å². The Labute approximate surface area is 108 Å². The number of aromatic nitrogens is 3. The van der Waals surface area contributed by atoms with E-state index in [1.165, 1.54) is 5.56 Å². The van der Waals surface area contributed by atoms with Crippen molar-refractivity contribution in [1.82, 2.24) is 20.1 Å². The van der Waals surface area contributed by atoms with Gasteiger partial charge in [0.2, 0.25) is 0 Å². The zero-order chi connectivity index (χ0) is 13.0. The summed E-state index contributed by atoms with van der Waals surface area (Å²) in [6.07, 6.45) is 4.85. The molecule has 0 saturated carbocycles. The van der Waals surface area contributed by atoms with Gasteiger partial charge in [-0.2, -0.15) is 5.10 Å². The fourth-order valence-corrected chi connectivity index (χ4v) is 2.03. The van der Waals surface area contributed by atoms with E-state index >= 15 is 0 Å². The second-order valence-electron chi connectivity index (χ2n) is 4.52. The third-order valence-electron chi connectivity index (χ3n) is 2.87. The Morgan fingerprint density at radius 1 is 1.33 bits per heavy atom. The van der Waals surface area contributed by atoms with Crippen LogP contribution in [0.2, 0.25) is 0 Å². The molecular weight excluding hydrogens is 224 g/mol. The van der Waals surface area contributed by atoms with Gasteiger partial charge in [-0.1, -0.05) is 6.92 Å². The van der Waals surface area contributed by atoms with E-state index in [4.69, 9.17) is 0 Å². The van der Waals surface area contributed by atoms with E-state index in [2.05, 4.69) is 41.4 Å². The molecule has 0 fully saturated rings. The van der Waals surface area contributed by atoms with E-state index in [9.17, 15) is 0 Å². The number of rotatable bonds is 5. The average molecular weight is 244 g/mol. The number of aryl methyl sites for hydroxylation is 2. The summed E-state index contributed by atoms with van der Waals surface area (Å²) < 4.78 is 1.96. The van der Waals surface area contributed by atoms with E-state index < -0.39 is 0 Å². The van der Waals surface area contributed by atoms with E-state index in [0.29, 0.717) is 0 Å². The van der Waals surface area contributed by atoms with E-state index in [1.54, 1.807) is 0 Å². The highest BCUT2D eigenvalue weighted by atomic mass is 15.3. The number of pyridine rings is 1. The summed E-state index contributed by atoms with van der Waals surface area (Å²) in [7, 11) is 0.